The number of esters is 1. The van der Waals surface area contributed by atoms with Gasteiger partial charge in [-0.1, -0.05) is 13.3 Å². The van der Waals surface area contributed by atoms with Crippen molar-refractivity contribution in [2.24, 2.45) is 5.92 Å². The molecule has 13 heavy (non-hydrogen) atoms. The molecule has 1 saturated heterocycles. The molecule has 0 N–H and O–H groups in total. The van der Waals surface area contributed by atoms with E-state index in [1.165, 1.54) is 6.92 Å². The van der Waals surface area contributed by atoms with Gasteiger partial charge in [0.15, 0.2) is 0 Å². The van der Waals surface area contributed by atoms with E-state index >= 15 is 0 Å². The Hall–Kier alpha value is -0.570. The Balaban J connectivity index is 2.41. The molecule has 0 amide bonds. The molecule has 3 heteroatoms. The highest BCUT2D eigenvalue weighted by Crippen LogP contribution is 2.22. The lowest BCUT2D eigenvalue weighted by Crippen LogP contribution is -2.35. The summed E-state index contributed by atoms with van der Waals surface area (Å²) in [5.74, 6) is 0.232. The Morgan fingerprint density at radius 3 is 3.00 bits per heavy atom. The van der Waals surface area contributed by atoms with Crippen molar-refractivity contribution in [3.05, 3.63) is 0 Å². The van der Waals surface area contributed by atoms with Gasteiger partial charge in [-0.25, -0.2) is 0 Å². The molecule has 1 aliphatic rings. The van der Waals surface area contributed by atoms with Crippen molar-refractivity contribution in [3.8, 4) is 0 Å². The third kappa shape index (κ3) is 3.35. The van der Waals surface area contributed by atoms with E-state index < -0.39 is 0 Å². The molecule has 76 valence electrons. The molecule has 0 radical (unpaired) electrons. The van der Waals surface area contributed by atoms with Crippen LogP contribution in [0, 0.1) is 5.92 Å². The minimum Gasteiger partial charge on any atom is -0.462 e. The number of carbonyl (C=O) groups is 1. The van der Waals surface area contributed by atoms with E-state index in [1.807, 2.05) is 0 Å². The summed E-state index contributed by atoms with van der Waals surface area (Å²) in [6.45, 7) is 5.07. The van der Waals surface area contributed by atoms with Gasteiger partial charge >= 0.3 is 5.97 Å². The van der Waals surface area contributed by atoms with Crippen LogP contribution in [0.5, 0.6) is 0 Å². The molecular weight excluding hydrogens is 168 g/mol. The van der Waals surface area contributed by atoms with Crippen LogP contribution in [0.2, 0.25) is 0 Å². The Labute approximate surface area is 79.4 Å². The van der Waals surface area contributed by atoms with Crippen LogP contribution >= 0.6 is 0 Å². The molecule has 1 aliphatic heterocycles. The predicted octanol–water partition coefficient (Wildman–Crippen LogP) is 1.75. The Morgan fingerprint density at radius 2 is 2.38 bits per heavy atom. The van der Waals surface area contributed by atoms with Gasteiger partial charge in [-0.2, -0.15) is 0 Å². The summed E-state index contributed by atoms with van der Waals surface area (Å²) in [7, 11) is 0. The first-order chi connectivity index (χ1) is 6.24. The van der Waals surface area contributed by atoms with E-state index in [9.17, 15) is 4.79 Å². The molecule has 1 heterocycles. The van der Waals surface area contributed by atoms with Gasteiger partial charge in [-0.05, 0) is 6.42 Å². The molecule has 0 spiro atoms. The number of hydrogen-bond donors (Lipinski definition) is 0. The Kier molecular flexibility index (Phi) is 4.22. The molecular formula is C10H18O3. The standard InChI is InChI=1S/C10H18O3/c1-3-4-9-7-12-6-5-10(9)13-8(2)11/h9-10H,3-7H2,1-2H3. The third-order valence-electron chi connectivity index (χ3n) is 2.38. The van der Waals surface area contributed by atoms with Crippen molar-refractivity contribution < 1.29 is 14.3 Å². The van der Waals surface area contributed by atoms with Crippen LogP contribution in [0.1, 0.15) is 33.1 Å². The second kappa shape index (κ2) is 5.22. The van der Waals surface area contributed by atoms with Crippen LogP contribution in [-0.2, 0) is 14.3 Å². The zero-order valence-corrected chi connectivity index (χ0v) is 8.41. The van der Waals surface area contributed by atoms with Crippen molar-refractivity contribution in [2.45, 2.75) is 39.2 Å². The van der Waals surface area contributed by atoms with Crippen LogP contribution in [-0.4, -0.2) is 25.3 Å². The van der Waals surface area contributed by atoms with Crippen molar-refractivity contribution in [1.82, 2.24) is 0 Å². The molecule has 0 aromatic rings. The zero-order chi connectivity index (χ0) is 9.68. The monoisotopic (exact) mass is 186 g/mol. The predicted molar refractivity (Wildman–Crippen MR) is 49.4 cm³/mol. The van der Waals surface area contributed by atoms with Gasteiger partial charge in [0.2, 0.25) is 0 Å². The lowest BCUT2D eigenvalue weighted by molar-refractivity contribution is -0.155. The molecule has 0 aromatic carbocycles. The van der Waals surface area contributed by atoms with E-state index in [0.717, 1.165) is 32.5 Å². The maximum absolute atomic E-state index is 10.8. The average Bonchev–Trinajstić information content (AvgIpc) is 2.08. The Bertz CT molecular complexity index is 166. The summed E-state index contributed by atoms with van der Waals surface area (Å²) in [5, 5.41) is 0. The normalized spacial score (nSPS) is 28.5. The fourth-order valence-electron chi connectivity index (χ4n) is 1.79. The summed E-state index contributed by atoms with van der Waals surface area (Å²) in [6.07, 6.45) is 3.14. The second-order valence-electron chi connectivity index (χ2n) is 3.56. The summed E-state index contributed by atoms with van der Waals surface area (Å²) in [5.41, 5.74) is 0. The average molecular weight is 186 g/mol. The lowest BCUT2D eigenvalue weighted by Gasteiger charge is -2.30. The van der Waals surface area contributed by atoms with Crippen LogP contribution in [0.4, 0.5) is 0 Å². The summed E-state index contributed by atoms with van der Waals surface area (Å²) in [6, 6.07) is 0. The Morgan fingerprint density at radius 1 is 1.62 bits per heavy atom. The van der Waals surface area contributed by atoms with Gasteiger partial charge < -0.3 is 9.47 Å². The highest BCUT2D eigenvalue weighted by Gasteiger charge is 2.27. The quantitative estimate of drug-likeness (QED) is 0.630. The van der Waals surface area contributed by atoms with Gasteiger partial charge in [0.05, 0.1) is 13.2 Å². The van der Waals surface area contributed by atoms with Gasteiger partial charge in [0.1, 0.15) is 6.10 Å². The fourth-order valence-corrected chi connectivity index (χ4v) is 1.79. The molecule has 3 nitrogen and oxygen atoms in total. The SMILES string of the molecule is CCCC1COCCC1OC(C)=O. The third-order valence-corrected chi connectivity index (χ3v) is 2.38. The molecule has 2 atom stereocenters. The molecule has 2 unspecified atom stereocenters. The molecule has 0 aliphatic carbocycles. The van der Waals surface area contributed by atoms with Crippen LogP contribution in [0.3, 0.4) is 0 Å². The van der Waals surface area contributed by atoms with Gasteiger partial charge in [-0.3, -0.25) is 4.79 Å². The maximum Gasteiger partial charge on any atom is 0.302 e. The van der Waals surface area contributed by atoms with Crippen LogP contribution in [0.25, 0.3) is 0 Å². The zero-order valence-electron chi connectivity index (χ0n) is 8.41. The van der Waals surface area contributed by atoms with Crippen molar-refractivity contribution in [1.29, 1.82) is 0 Å². The molecule has 1 fully saturated rings. The minimum absolute atomic E-state index is 0.0891. The van der Waals surface area contributed by atoms with Gasteiger partial charge in [0.25, 0.3) is 0 Å². The molecule has 1 rings (SSSR count). The largest absolute Gasteiger partial charge is 0.462 e. The second-order valence-corrected chi connectivity index (χ2v) is 3.56. The number of ether oxygens (including phenoxy) is 2. The first-order valence-corrected chi connectivity index (χ1v) is 4.99. The van der Waals surface area contributed by atoms with Crippen molar-refractivity contribution >= 4 is 5.97 Å². The van der Waals surface area contributed by atoms with E-state index in [0.29, 0.717) is 5.92 Å². The van der Waals surface area contributed by atoms with Crippen LogP contribution in [0.15, 0.2) is 0 Å². The lowest BCUT2D eigenvalue weighted by atomic mass is 9.94. The van der Waals surface area contributed by atoms with E-state index in [-0.39, 0.29) is 12.1 Å². The molecule has 0 aromatic heterocycles. The summed E-state index contributed by atoms with van der Waals surface area (Å²) >= 11 is 0. The number of hydrogen-bond acceptors (Lipinski definition) is 3. The first-order valence-electron chi connectivity index (χ1n) is 4.99. The number of carbonyl (C=O) groups excluding carboxylic acids is 1. The smallest absolute Gasteiger partial charge is 0.302 e. The molecule has 0 bridgehead atoms. The summed E-state index contributed by atoms with van der Waals surface area (Å²) < 4.78 is 10.6. The minimum atomic E-state index is -0.173. The fraction of sp³-hybridized carbons (Fsp3) is 0.900. The van der Waals surface area contributed by atoms with E-state index in [2.05, 4.69) is 6.92 Å². The topological polar surface area (TPSA) is 35.5 Å². The van der Waals surface area contributed by atoms with Crippen LogP contribution < -0.4 is 0 Å². The highest BCUT2D eigenvalue weighted by molar-refractivity contribution is 5.66. The van der Waals surface area contributed by atoms with Gasteiger partial charge in [0, 0.05) is 19.3 Å². The highest BCUT2D eigenvalue weighted by atomic mass is 16.6. The number of rotatable bonds is 3. The van der Waals surface area contributed by atoms with Crippen molar-refractivity contribution in [2.75, 3.05) is 13.2 Å². The van der Waals surface area contributed by atoms with Crippen molar-refractivity contribution in [3.63, 3.8) is 0 Å². The van der Waals surface area contributed by atoms with E-state index in [4.69, 9.17) is 9.47 Å². The maximum atomic E-state index is 10.8. The molecule has 0 saturated carbocycles. The van der Waals surface area contributed by atoms with Gasteiger partial charge in [-0.15, -0.1) is 0 Å². The van der Waals surface area contributed by atoms with E-state index in [1.54, 1.807) is 0 Å². The summed E-state index contributed by atoms with van der Waals surface area (Å²) in [4.78, 5) is 10.8. The first kappa shape index (κ1) is 10.5.